The minimum atomic E-state index is -0.00661. The maximum absolute atomic E-state index is 12.8. The molecule has 4 heterocycles. The monoisotopic (exact) mass is 382 g/mol. The number of aromatic nitrogens is 5. The Balaban J connectivity index is 1.42. The summed E-state index contributed by atoms with van der Waals surface area (Å²) in [7, 11) is 0. The normalized spacial score (nSPS) is 15.3. The van der Waals surface area contributed by atoms with Crippen LogP contribution in [0.1, 0.15) is 52.3 Å². The number of piperidine rings is 1. The molecule has 0 aliphatic carbocycles. The van der Waals surface area contributed by atoms with E-state index in [1.165, 1.54) is 0 Å². The molecule has 1 fully saturated rings. The molecule has 0 saturated carbocycles. The van der Waals surface area contributed by atoms with Crippen LogP contribution in [-0.2, 0) is 6.54 Å². The molecule has 1 aliphatic rings. The lowest BCUT2D eigenvalue weighted by molar-refractivity contribution is 0.0704. The lowest BCUT2D eigenvalue weighted by atomic mass is 9.95. The van der Waals surface area contributed by atoms with E-state index in [1.807, 2.05) is 36.7 Å². The summed E-state index contributed by atoms with van der Waals surface area (Å²) in [5.41, 5.74) is 4.22. The second-order valence-electron chi connectivity index (χ2n) is 6.90. The van der Waals surface area contributed by atoms with Gasteiger partial charge in [0.25, 0.3) is 5.91 Å². The molecule has 0 N–H and O–H groups in total. The highest BCUT2D eigenvalue weighted by Crippen LogP contribution is 2.28. The highest BCUT2D eigenvalue weighted by molar-refractivity contribution is 7.07. The first-order valence-corrected chi connectivity index (χ1v) is 10.0. The van der Waals surface area contributed by atoms with Gasteiger partial charge < -0.3 is 9.47 Å². The average Bonchev–Trinajstić information content (AvgIpc) is 3.33. The predicted molar refractivity (Wildman–Crippen MR) is 103 cm³/mol. The lowest BCUT2D eigenvalue weighted by Crippen LogP contribution is -2.39. The number of hydrogen-bond acceptors (Lipinski definition) is 6. The molecule has 1 aliphatic heterocycles. The fourth-order valence-electron chi connectivity index (χ4n) is 3.63. The fourth-order valence-corrected chi connectivity index (χ4v) is 4.18. The maximum Gasteiger partial charge on any atom is 0.272 e. The van der Waals surface area contributed by atoms with Gasteiger partial charge in [-0.3, -0.25) is 4.79 Å². The molecule has 0 unspecified atom stereocenters. The molecule has 7 nitrogen and oxygen atoms in total. The minimum absolute atomic E-state index is 0.00661. The highest BCUT2D eigenvalue weighted by Gasteiger charge is 2.27. The van der Waals surface area contributed by atoms with Crippen molar-refractivity contribution in [1.29, 1.82) is 0 Å². The smallest absolute Gasteiger partial charge is 0.272 e. The zero-order valence-electron chi connectivity index (χ0n) is 15.5. The molecule has 0 bridgehead atoms. The molecule has 3 aromatic rings. The van der Waals surface area contributed by atoms with Crippen LogP contribution in [0.3, 0.4) is 0 Å². The summed E-state index contributed by atoms with van der Waals surface area (Å²) in [4.78, 5) is 32.2. The van der Waals surface area contributed by atoms with Crippen LogP contribution in [0.15, 0.2) is 29.4 Å². The van der Waals surface area contributed by atoms with E-state index >= 15 is 0 Å². The number of rotatable bonds is 4. The van der Waals surface area contributed by atoms with Crippen LogP contribution in [0.4, 0.5) is 0 Å². The first-order chi connectivity index (χ1) is 13.1. The summed E-state index contributed by atoms with van der Waals surface area (Å²) in [6.45, 7) is 5.89. The molecule has 0 radical (unpaired) electrons. The Hall–Kier alpha value is -2.61. The van der Waals surface area contributed by atoms with E-state index in [9.17, 15) is 4.79 Å². The van der Waals surface area contributed by atoms with E-state index in [4.69, 9.17) is 0 Å². The SMILES string of the molecule is Cc1cc(C(=O)N2CCC(c3nccn3Cc3cscn3)CC2)nc(C)n1. The first-order valence-electron chi connectivity index (χ1n) is 9.10. The van der Waals surface area contributed by atoms with Gasteiger partial charge in [0.2, 0.25) is 0 Å². The summed E-state index contributed by atoms with van der Waals surface area (Å²) in [6.07, 6.45) is 5.68. The summed E-state index contributed by atoms with van der Waals surface area (Å²) in [6, 6.07) is 1.77. The first kappa shape index (κ1) is 17.8. The molecule has 0 aromatic carbocycles. The number of hydrogen-bond donors (Lipinski definition) is 0. The highest BCUT2D eigenvalue weighted by atomic mass is 32.1. The molecule has 4 rings (SSSR count). The minimum Gasteiger partial charge on any atom is -0.337 e. The number of likely N-dealkylation sites (tertiary alicyclic amines) is 1. The van der Waals surface area contributed by atoms with Gasteiger partial charge in [-0.1, -0.05) is 0 Å². The van der Waals surface area contributed by atoms with Gasteiger partial charge >= 0.3 is 0 Å². The zero-order chi connectivity index (χ0) is 18.8. The Labute approximate surface area is 162 Å². The van der Waals surface area contributed by atoms with Crippen molar-refractivity contribution in [2.45, 2.75) is 39.2 Å². The van der Waals surface area contributed by atoms with Crippen molar-refractivity contribution >= 4 is 17.2 Å². The molecule has 1 saturated heterocycles. The molecule has 27 heavy (non-hydrogen) atoms. The number of carbonyl (C=O) groups excluding carboxylic acids is 1. The van der Waals surface area contributed by atoms with E-state index in [0.717, 1.165) is 49.7 Å². The maximum atomic E-state index is 12.8. The Morgan fingerprint density at radius 2 is 2.04 bits per heavy atom. The number of amides is 1. The zero-order valence-corrected chi connectivity index (χ0v) is 16.3. The molecule has 8 heteroatoms. The van der Waals surface area contributed by atoms with Crippen molar-refractivity contribution in [2.75, 3.05) is 13.1 Å². The molecule has 1 amide bonds. The van der Waals surface area contributed by atoms with Gasteiger partial charge in [0.1, 0.15) is 17.3 Å². The summed E-state index contributed by atoms with van der Waals surface area (Å²) < 4.78 is 2.17. The Morgan fingerprint density at radius 1 is 1.22 bits per heavy atom. The Morgan fingerprint density at radius 3 is 2.74 bits per heavy atom. The van der Waals surface area contributed by atoms with Crippen molar-refractivity contribution in [1.82, 2.24) is 29.4 Å². The molecular formula is C19H22N6OS. The van der Waals surface area contributed by atoms with Gasteiger partial charge in [0.05, 0.1) is 17.7 Å². The number of thiazole rings is 1. The van der Waals surface area contributed by atoms with E-state index in [0.29, 0.717) is 17.4 Å². The van der Waals surface area contributed by atoms with Crippen LogP contribution in [-0.4, -0.2) is 48.4 Å². The van der Waals surface area contributed by atoms with Crippen molar-refractivity contribution < 1.29 is 4.79 Å². The number of nitrogens with zero attached hydrogens (tertiary/aromatic N) is 6. The lowest BCUT2D eigenvalue weighted by Gasteiger charge is -2.31. The van der Waals surface area contributed by atoms with E-state index < -0.39 is 0 Å². The number of imidazole rings is 1. The third-order valence-electron chi connectivity index (χ3n) is 4.90. The molecule has 140 valence electrons. The summed E-state index contributed by atoms with van der Waals surface area (Å²) >= 11 is 1.61. The Bertz CT molecular complexity index is 907. The molecular weight excluding hydrogens is 360 g/mol. The van der Waals surface area contributed by atoms with E-state index in [-0.39, 0.29) is 5.91 Å². The summed E-state index contributed by atoms with van der Waals surface area (Å²) in [5, 5.41) is 2.07. The van der Waals surface area contributed by atoms with Crippen LogP contribution < -0.4 is 0 Å². The number of carbonyl (C=O) groups is 1. The van der Waals surface area contributed by atoms with Crippen LogP contribution in [0.25, 0.3) is 0 Å². The molecule has 0 atom stereocenters. The third kappa shape index (κ3) is 3.90. The summed E-state index contributed by atoms with van der Waals surface area (Å²) in [5.74, 6) is 2.07. The van der Waals surface area contributed by atoms with Crippen LogP contribution in [0.5, 0.6) is 0 Å². The second kappa shape index (κ2) is 7.56. The fraction of sp³-hybridized carbons (Fsp3) is 0.421. The van der Waals surface area contributed by atoms with Crippen LogP contribution in [0.2, 0.25) is 0 Å². The van der Waals surface area contributed by atoms with Crippen molar-refractivity contribution in [2.24, 2.45) is 0 Å². The van der Waals surface area contributed by atoms with Gasteiger partial charge in [-0.15, -0.1) is 11.3 Å². The third-order valence-corrected chi connectivity index (χ3v) is 5.53. The number of aryl methyl sites for hydroxylation is 2. The van der Waals surface area contributed by atoms with Crippen LogP contribution in [0, 0.1) is 13.8 Å². The topological polar surface area (TPSA) is 76.8 Å². The van der Waals surface area contributed by atoms with Gasteiger partial charge in [0, 0.05) is 42.5 Å². The van der Waals surface area contributed by atoms with Crippen LogP contribution >= 0.6 is 11.3 Å². The quantitative estimate of drug-likeness (QED) is 0.693. The van der Waals surface area contributed by atoms with Crippen molar-refractivity contribution in [3.8, 4) is 0 Å². The van der Waals surface area contributed by atoms with Gasteiger partial charge in [-0.05, 0) is 32.8 Å². The standard InChI is InChI=1S/C19H22N6OS/c1-13-9-17(23-14(2)22-13)19(26)24-6-3-15(4-7-24)18-20-5-8-25(18)10-16-11-27-12-21-16/h5,8-9,11-12,15H,3-4,6-7,10H2,1-2H3. The van der Waals surface area contributed by atoms with Crippen molar-refractivity contribution in [3.63, 3.8) is 0 Å². The van der Waals surface area contributed by atoms with Gasteiger partial charge in [-0.2, -0.15) is 0 Å². The predicted octanol–water partition coefficient (Wildman–Crippen LogP) is 2.81. The van der Waals surface area contributed by atoms with Gasteiger partial charge in [-0.25, -0.2) is 19.9 Å². The van der Waals surface area contributed by atoms with Gasteiger partial charge in [0.15, 0.2) is 0 Å². The second-order valence-corrected chi connectivity index (χ2v) is 7.62. The van der Waals surface area contributed by atoms with Crippen molar-refractivity contribution in [3.05, 3.63) is 58.1 Å². The largest absolute Gasteiger partial charge is 0.337 e. The van der Waals surface area contributed by atoms with E-state index in [2.05, 4.69) is 29.9 Å². The Kier molecular flexibility index (Phi) is 4.98. The van der Waals surface area contributed by atoms with E-state index in [1.54, 1.807) is 17.4 Å². The molecule has 3 aromatic heterocycles. The average molecular weight is 382 g/mol. The molecule has 0 spiro atoms.